The van der Waals surface area contributed by atoms with Crippen LogP contribution in [0.5, 0.6) is 0 Å². The van der Waals surface area contributed by atoms with Crippen molar-refractivity contribution in [3.63, 3.8) is 0 Å². The minimum absolute atomic E-state index is 0.222. The van der Waals surface area contributed by atoms with Gasteiger partial charge >= 0.3 is 0 Å². The van der Waals surface area contributed by atoms with Crippen molar-refractivity contribution in [3.05, 3.63) is 260 Å². The Kier molecular flexibility index (Phi) is 9.58. The molecule has 0 heterocycles. The fourth-order valence-electron chi connectivity index (χ4n) is 10.3. The maximum absolute atomic E-state index is 2.46. The largest absolute Gasteiger partial charge is 0.310 e. The molecular weight excluding hydrogens is 795 g/mol. The van der Waals surface area contributed by atoms with E-state index in [0.717, 1.165) is 17.1 Å². The molecule has 0 atom stereocenters. The average Bonchev–Trinajstić information content (AvgIpc) is 3.61. The van der Waals surface area contributed by atoms with E-state index in [1.54, 1.807) is 0 Å². The van der Waals surface area contributed by atoms with Gasteiger partial charge in [0.2, 0.25) is 0 Å². The van der Waals surface area contributed by atoms with Gasteiger partial charge in [0, 0.05) is 22.5 Å². The van der Waals surface area contributed by atoms with Crippen molar-refractivity contribution < 1.29 is 0 Å². The highest BCUT2D eigenvalue weighted by atomic mass is 15.1. The molecule has 0 aliphatic heterocycles. The van der Waals surface area contributed by atoms with Gasteiger partial charge in [0.05, 0.1) is 0 Å². The first kappa shape index (κ1) is 39.3. The summed E-state index contributed by atoms with van der Waals surface area (Å²) in [6.45, 7) is 4.79. The van der Waals surface area contributed by atoms with Crippen molar-refractivity contribution >= 4 is 38.6 Å². The summed E-state index contributed by atoms with van der Waals surface area (Å²) in [6.07, 6.45) is 0. The molecule has 0 unspecified atom stereocenters. The van der Waals surface area contributed by atoms with Crippen LogP contribution in [0.2, 0.25) is 0 Å². The predicted molar refractivity (Wildman–Crippen MR) is 281 cm³/mol. The number of benzene rings is 11. The van der Waals surface area contributed by atoms with Crippen LogP contribution in [-0.2, 0) is 5.41 Å². The fourth-order valence-corrected chi connectivity index (χ4v) is 10.3. The molecule has 1 nitrogen and oxygen atoms in total. The van der Waals surface area contributed by atoms with E-state index in [-0.39, 0.29) is 5.41 Å². The molecule has 0 spiro atoms. The molecular formula is C65H47N. The minimum Gasteiger partial charge on any atom is -0.310 e. The minimum atomic E-state index is -0.222. The third-order valence-corrected chi connectivity index (χ3v) is 13.9. The highest BCUT2D eigenvalue weighted by Crippen LogP contribution is 2.52. The lowest BCUT2D eigenvalue weighted by Gasteiger charge is -2.28. The highest BCUT2D eigenvalue weighted by molar-refractivity contribution is 6.14. The van der Waals surface area contributed by atoms with Crippen LogP contribution in [0.3, 0.4) is 0 Å². The van der Waals surface area contributed by atoms with Gasteiger partial charge in [-0.1, -0.05) is 214 Å². The summed E-state index contributed by atoms with van der Waals surface area (Å²) in [4.78, 5) is 2.41. The Morgan fingerprint density at radius 2 is 0.621 bits per heavy atom. The van der Waals surface area contributed by atoms with Crippen LogP contribution >= 0.6 is 0 Å². The maximum atomic E-state index is 2.46. The van der Waals surface area contributed by atoms with Gasteiger partial charge in [0.1, 0.15) is 0 Å². The van der Waals surface area contributed by atoms with Gasteiger partial charge in [-0.25, -0.2) is 0 Å². The molecule has 1 aliphatic carbocycles. The lowest BCUT2D eigenvalue weighted by Crippen LogP contribution is -2.16. The monoisotopic (exact) mass is 841 g/mol. The number of nitrogens with zero attached hydrogens (tertiary/aromatic N) is 1. The second-order valence-electron chi connectivity index (χ2n) is 18.1. The molecule has 11 aromatic rings. The van der Waals surface area contributed by atoms with E-state index >= 15 is 0 Å². The molecule has 11 aromatic carbocycles. The van der Waals surface area contributed by atoms with E-state index in [9.17, 15) is 0 Å². The van der Waals surface area contributed by atoms with Crippen LogP contribution in [0.15, 0.2) is 249 Å². The second kappa shape index (κ2) is 16.1. The van der Waals surface area contributed by atoms with Crippen molar-refractivity contribution in [3.8, 4) is 66.8 Å². The molecule has 0 bridgehead atoms. The summed E-state index contributed by atoms with van der Waals surface area (Å²) in [5, 5.41) is 5.14. The van der Waals surface area contributed by atoms with Gasteiger partial charge in [-0.3, -0.25) is 0 Å². The van der Waals surface area contributed by atoms with Crippen LogP contribution in [0, 0.1) is 0 Å². The molecule has 0 saturated carbocycles. The molecule has 0 aromatic heterocycles. The third kappa shape index (κ3) is 6.89. The number of hydrogen-bond donors (Lipinski definition) is 0. The summed E-state index contributed by atoms with van der Waals surface area (Å²) in [6, 6.07) is 91.3. The molecule has 0 radical (unpaired) electrons. The molecule has 0 N–H and O–H groups in total. The zero-order valence-electron chi connectivity index (χ0n) is 37.1. The van der Waals surface area contributed by atoms with Crippen LogP contribution in [-0.4, -0.2) is 0 Å². The quantitative estimate of drug-likeness (QED) is 0.138. The topological polar surface area (TPSA) is 3.24 Å². The molecule has 0 fully saturated rings. The maximum Gasteiger partial charge on any atom is 0.0465 e. The van der Waals surface area contributed by atoms with Crippen LogP contribution in [0.4, 0.5) is 17.1 Å². The summed E-state index contributed by atoms with van der Waals surface area (Å²) in [5.41, 5.74) is 20.6. The number of anilines is 3. The summed E-state index contributed by atoms with van der Waals surface area (Å²) in [7, 11) is 0. The molecule has 1 heteroatoms. The predicted octanol–water partition coefficient (Wildman–Crippen LogP) is 18.1. The molecule has 66 heavy (non-hydrogen) atoms. The Labute approximate surface area is 387 Å². The van der Waals surface area contributed by atoms with E-state index < -0.39 is 0 Å². The third-order valence-electron chi connectivity index (χ3n) is 13.9. The van der Waals surface area contributed by atoms with Crippen molar-refractivity contribution in [2.45, 2.75) is 19.3 Å². The fraction of sp³-hybridized carbons (Fsp3) is 0.0462. The van der Waals surface area contributed by atoms with E-state index in [1.807, 2.05) is 0 Å². The number of rotatable bonds is 8. The van der Waals surface area contributed by atoms with Crippen LogP contribution in [0.1, 0.15) is 25.0 Å². The zero-order valence-corrected chi connectivity index (χ0v) is 37.1. The van der Waals surface area contributed by atoms with Crippen molar-refractivity contribution in [2.24, 2.45) is 0 Å². The Bertz CT molecular complexity index is 3420. The van der Waals surface area contributed by atoms with Gasteiger partial charge in [0.25, 0.3) is 0 Å². The molecule has 312 valence electrons. The molecule has 1 aliphatic rings. The average molecular weight is 842 g/mol. The Morgan fingerprint density at radius 3 is 1.14 bits per heavy atom. The summed E-state index contributed by atoms with van der Waals surface area (Å²) in [5.74, 6) is 0. The lowest BCUT2D eigenvalue weighted by atomic mass is 9.81. The molecule has 0 saturated heterocycles. The summed E-state index contributed by atoms with van der Waals surface area (Å²) >= 11 is 0. The summed E-state index contributed by atoms with van der Waals surface area (Å²) < 4.78 is 0. The standard InChI is InChI=1S/C65H47N/c1-65(2)63-42-53(62-41-52-17-9-10-18-57(52)58-19-11-12-20-59(58)62)33-39-60(63)61-40-38-56(43-64(61)65)66(54-34-29-50(30-35-54)48-25-21-46(22-26-48)44-13-5-3-6-14-44)55-36-31-51(32-37-55)49-27-23-47(24-28-49)45-15-7-4-8-16-45/h3-43H,1-2H3. The van der Waals surface area contributed by atoms with E-state index in [4.69, 9.17) is 0 Å². The first-order valence-corrected chi connectivity index (χ1v) is 23.0. The van der Waals surface area contributed by atoms with E-state index in [2.05, 4.69) is 267 Å². The van der Waals surface area contributed by atoms with Gasteiger partial charge in [-0.15, -0.1) is 0 Å². The zero-order chi connectivity index (χ0) is 44.2. The van der Waals surface area contributed by atoms with Crippen molar-refractivity contribution in [1.29, 1.82) is 0 Å². The highest BCUT2D eigenvalue weighted by Gasteiger charge is 2.36. The number of hydrogen-bond acceptors (Lipinski definition) is 1. The Balaban J connectivity index is 0.915. The first-order valence-electron chi connectivity index (χ1n) is 23.0. The second-order valence-corrected chi connectivity index (χ2v) is 18.1. The van der Waals surface area contributed by atoms with Gasteiger partial charge in [-0.05, 0) is 148 Å². The number of fused-ring (bicyclic) bond motifs is 6. The van der Waals surface area contributed by atoms with Crippen molar-refractivity contribution in [1.82, 2.24) is 0 Å². The normalized spacial score (nSPS) is 12.5. The van der Waals surface area contributed by atoms with Gasteiger partial charge in [0.15, 0.2) is 0 Å². The Hall–Kier alpha value is -8.26. The molecule has 0 amide bonds. The van der Waals surface area contributed by atoms with Crippen LogP contribution < -0.4 is 4.90 Å². The van der Waals surface area contributed by atoms with Gasteiger partial charge < -0.3 is 4.90 Å². The van der Waals surface area contributed by atoms with E-state index in [1.165, 1.54) is 99.4 Å². The van der Waals surface area contributed by atoms with E-state index in [0.29, 0.717) is 0 Å². The molecule has 12 rings (SSSR count). The first-order chi connectivity index (χ1) is 32.5. The Morgan fingerprint density at radius 1 is 0.258 bits per heavy atom. The lowest BCUT2D eigenvalue weighted by molar-refractivity contribution is 0.660. The van der Waals surface area contributed by atoms with Crippen molar-refractivity contribution in [2.75, 3.05) is 4.90 Å². The SMILES string of the molecule is CC1(C)c2cc(-c3cc4ccccc4c4ccccc34)ccc2-c2ccc(N(c3ccc(-c4ccc(-c5ccccc5)cc4)cc3)c3ccc(-c4ccc(-c5ccccc5)cc4)cc3)cc21. The van der Waals surface area contributed by atoms with Crippen LogP contribution in [0.25, 0.3) is 88.3 Å². The smallest absolute Gasteiger partial charge is 0.0465 e. The van der Waals surface area contributed by atoms with Gasteiger partial charge in [-0.2, -0.15) is 0 Å².